The van der Waals surface area contributed by atoms with E-state index < -0.39 is 12.2 Å². The van der Waals surface area contributed by atoms with E-state index in [2.05, 4.69) is 22.5 Å². The van der Waals surface area contributed by atoms with Gasteiger partial charge in [-0.25, -0.2) is 0 Å². The molecular formula is C25H33N3O4. The third-order valence-corrected chi connectivity index (χ3v) is 6.30. The van der Waals surface area contributed by atoms with Gasteiger partial charge in [0.15, 0.2) is 0 Å². The van der Waals surface area contributed by atoms with Crippen molar-refractivity contribution in [3.63, 3.8) is 0 Å². The molecule has 0 aliphatic heterocycles. The zero-order valence-electron chi connectivity index (χ0n) is 18.5. The van der Waals surface area contributed by atoms with Crippen LogP contribution < -0.4 is 10.6 Å². The highest BCUT2D eigenvalue weighted by atomic mass is 16.3. The highest BCUT2D eigenvalue weighted by molar-refractivity contribution is 5.94. The van der Waals surface area contributed by atoms with Crippen molar-refractivity contribution in [1.82, 2.24) is 15.6 Å². The Morgan fingerprint density at radius 1 is 1.12 bits per heavy atom. The molecule has 1 aromatic heterocycles. The van der Waals surface area contributed by atoms with Gasteiger partial charge in [-0.3, -0.25) is 14.6 Å². The van der Waals surface area contributed by atoms with Crippen LogP contribution in [0.5, 0.6) is 0 Å². The molecule has 3 rings (SSSR count). The molecule has 1 aromatic carbocycles. The van der Waals surface area contributed by atoms with E-state index in [0.717, 1.165) is 18.4 Å². The Labute approximate surface area is 189 Å². The van der Waals surface area contributed by atoms with Gasteiger partial charge in [0.25, 0.3) is 5.91 Å². The first-order valence-corrected chi connectivity index (χ1v) is 11.2. The van der Waals surface area contributed by atoms with Crippen molar-refractivity contribution >= 4 is 11.8 Å². The van der Waals surface area contributed by atoms with E-state index in [1.807, 2.05) is 30.3 Å². The average molecular weight is 440 g/mol. The van der Waals surface area contributed by atoms with Crippen LogP contribution in [0.15, 0.2) is 54.9 Å². The lowest BCUT2D eigenvalue weighted by atomic mass is 9.70. The van der Waals surface area contributed by atoms with E-state index in [-0.39, 0.29) is 36.1 Å². The molecule has 4 atom stereocenters. The molecule has 1 saturated carbocycles. The number of hydrogen-bond donors (Lipinski definition) is 4. The normalized spacial score (nSPS) is 25.9. The minimum Gasteiger partial charge on any atom is -0.390 e. The summed E-state index contributed by atoms with van der Waals surface area (Å²) in [5.41, 5.74) is 1.25. The molecule has 1 aliphatic carbocycles. The largest absolute Gasteiger partial charge is 0.390 e. The van der Waals surface area contributed by atoms with Gasteiger partial charge in [0.05, 0.1) is 17.8 Å². The Balaban J connectivity index is 1.54. The number of carbonyl (C=O) groups is 2. The van der Waals surface area contributed by atoms with Gasteiger partial charge >= 0.3 is 0 Å². The molecule has 0 saturated heterocycles. The van der Waals surface area contributed by atoms with Crippen LogP contribution in [0.1, 0.15) is 60.9 Å². The molecule has 0 unspecified atom stereocenters. The molecule has 0 bridgehead atoms. The molecule has 7 nitrogen and oxygen atoms in total. The summed E-state index contributed by atoms with van der Waals surface area (Å²) in [6.45, 7) is 2.85. The summed E-state index contributed by atoms with van der Waals surface area (Å²) >= 11 is 0. The fraction of sp³-hybridized carbons (Fsp3) is 0.480. The Bertz CT molecular complexity index is 877. The molecule has 4 N–H and O–H groups in total. The zero-order chi connectivity index (χ0) is 23.0. The van der Waals surface area contributed by atoms with Crippen molar-refractivity contribution in [3.05, 3.63) is 66.0 Å². The zero-order valence-corrected chi connectivity index (χ0v) is 18.5. The summed E-state index contributed by atoms with van der Waals surface area (Å²) in [5, 5.41) is 26.9. The van der Waals surface area contributed by atoms with Crippen LogP contribution in [0, 0.1) is 5.41 Å². The number of benzene rings is 1. The maximum Gasteiger partial charge on any atom is 0.252 e. The summed E-state index contributed by atoms with van der Waals surface area (Å²) in [6.07, 6.45) is 4.51. The van der Waals surface area contributed by atoms with Crippen molar-refractivity contribution < 1.29 is 19.8 Å². The van der Waals surface area contributed by atoms with E-state index >= 15 is 0 Å². The fourth-order valence-corrected chi connectivity index (χ4v) is 4.40. The molecular weight excluding hydrogens is 406 g/mol. The molecule has 7 heteroatoms. The monoisotopic (exact) mass is 439 g/mol. The lowest BCUT2D eigenvalue weighted by Crippen LogP contribution is -2.43. The second-order valence-corrected chi connectivity index (χ2v) is 9.01. The fourth-order valence-electron chi connectivity index (χ4n) is 4.40. The second-order valence-electron chi connectivity index (χ2n) is 9.01. The van der Waals surface area contributed by atoms with Crippen molar-refractivity contribution in [3.8, 4) is 0 Å². The smallest absolute Gasteiger partial charge is 0.252 e. The number of pyridine rings is 1. The number of rotatable bonds is 7. The highest BCUT2D eigenvalue weighted by Gasteiger charge is 2.37. The number of carbonyl (C=O) groups excluding carboxylic acids is 2. The Hall–Kier alpha value is -2.77. The predicted molar refractivity (Wildman–Crippen MR) is 122 cm³/mol. The van der Waals surface area contributed by atoms with Gasteiger partial charge in [-0.15, -0.1) is 0 Å². The highest BCUT2D eigenvalue weighted by Crippen LogP contribution is 2.41. The van der Waals surface area contributed by atoms with E-state index in [9.17, 15) is 19.8 Å². The van der Waals surface area contributed by atoms with E-state index in [1.54, 1.807) is 18.3 Å². The van der Waals surface area contributed by atoms with Gasteiger partial charge < -0.3 is 20.8 Å². The first kappa shape index (κ1) is 23.9. The number of nitrogens with one attached hydrogen (secondary N) is 2. The number of aliphatic hydroxyl groups excluding tert-OH is 2. The number of aromatic nitrogens is 1. The van der Waals surface area contributed by atoms with Crippen LogP contribution >= 0.6 is 0 Å². The standard InChI is InChI=1S/C25H33N3O4/c1-25(17-28-22(30)11-14-27-24(32)19-9-6-13-26-16-19)12-5-10-21(29)23(31)20(15-25)18-7-3-2-4-8-18/h2-4,6-9,13,16,20-21,23,29,31H,5,10-12,14-15,17H2,1H3,(H,27,32)(H,28,30)/t20-,21+,23-,25+/m0/s1. The summed E-state index contributed by atoms with van der Waals surface area (Å²) in [7, 11) is 0. The second kappa shape index (κ2) is 11.2. The lowest BCUT2D eigenvalue weighted by molar-refractivity contribution is -0.121. The maximum atomic E-state index is 12.4. The molecule has 2 aromatic rings. The van der Waals surface area contributed by atoms with E-state index in [0.29, 0.717) is 24.9 Å². The molecule has 1 aliphatic rings. The molecule has 0 spiro atoms. The molecule has 0 radical (unpaired) electrons. The van der Waals surface area contributed by atoms with E-state index in [4.69, 9.17) is 0 Å². The molecule has 2 amide bonds. The summed E-state index contributed by atoms with van der Waals surface area (Å²) in [5.74, 6) is -0.583. The van der Waals surface area contributed by atoms with Crippen molar-refractivity contribution in [2.45, 2.75) is 57.2 Å². The van der Waals surface area contributed by atoms with Crippen LogP contribution in [0.3, 0.4) is 0 Å². The van der Waals surface area contributed by atoms with Crippen molar-refractivity contribution in [2.24, 2.45) is 5.41 Å². The molecule has 172 valence electrons. The van der Waals surface area contributed by atoms with Gasteiger partial charge in [-0.05, 0) is 42.4 Å². The Morgan fingerprint density at radius 3 is 2.62 bits per heavy atom. The van der Waals surface area contributed by atoms with Crippen LogP contribution in [-0.4, -0.2) is 52.3 Å². The first-order valence-electron chi connectivity index (χ1n) is 11.2. The maximum absolute atomic E-state index is 12.4. The van der Waals surface area contributed by atoms with Gasteiger partial charge in [0.2, 0.25) is 5.91 Å². The number of nitrogens with zero attached hydrogens (tertiary/aromatic N) is 1. The molecule has 1 heterocycles. The topological polar surface area (TPSA) is 112 Å². The van der Waals surface area contributed by atoms with E-state index in [1.165, 1.54) is 6.20 Å². The SMILES string of the molecule is C[C@@]1(CNC(=O)CCNC(=O)c2cccnc2)CCC[C@@H](O)[C@@H](O)[C@H](c2ccccc2)C1. The summed E-state index contributed by atoms with van der Waals surface area (Å²) in [4.78, 5) is 28.4. The quantitative estimate of drug-likeness (QED) is 0.529. The van der Waals surface area contributed by atoms with Gasteiger partial charge in [-0.1, -0.05) is 43.7 Å². The number of hydrogen-bond acceptors (Lipinski definition) is 5. The van der Waals surface area contributed by atoms with Crippen molar-refractivity contribution in [2.75, 3.05) is 13.1 Å². The third-order valence-electron chi connectivity index (χ3n) is 6.30. The average Bonchev–Trinajstić information content (AvgIpc) is 2.81. The van der Waals surface area contributed by atoms with Gasteiger partial charge in [0, 0.05) is 37.8 Å². The van der Waals surface area contributed by atoms with Crippen LogP contribution in [0.4, 0.5) is 0 Å². The predicted octanol–water partition coefficient (Wildman–Crippen LogP) is 2.40. The van der Waals surface area contributed by atoms with Crippen LogP contribution in [0.25, 0.3) is 0 Å². The summed E-state index contributed by atoms with van der Waals surface area (Å²) in [6, 6.07) is 13.1. The Kier molecular flexibility index (Phi) is 8.36. The third kappa shape index (κ3) is 6.61. The van der Waals surface area contributed by atoms with Crippen molar-refractivity contribution in [1.29, 1.82) is 0 Å². The number of amides is 2. The van der Waals surface area contributed by atoms with Gasteiger partial charge in [0.1, 0.15) is 0 Å². The van der Waals surface area contributed by atoms with Crippen LogP contribution in [0.2, 0.25) is 0 Å². The minimum atomic E-state index is -0.838. The number of aliphatic hydroxyl groups is 2. The summed E-state index contributed by atoms with van der Waals surface area (Å²) < 4.78 is 0. The molecule has 1 fully saturated rings. The minimum absolute atomic E-state index is 0.128. The molecule has 32 heavy (non-hydrogen) atoms. The lowest BCUT2D eigenvalue weighted by Gasteiger charge is -2.39. The Morgan fingerprint density at radius 2 is 1.91 bits per heavy atom. The van der Waals surface area contributed by atoms with Crippen LogP contribution in [-0.2, 0) is 4.79 Å². The van der Waals surface area contributed by atoms with Gasteiger partial charge in [-0.2, -0.15) is 0 Å². The first-order chi connectivity index (χ1) is 15.4.